The Morgan fingerprint density at radius 3 is 1.92 bits per heavy atom. The van der Waals surface area contributed by atoms with Crippen LogP contribution in [0, 0.1) is 6.92 Å². The molecule has 0 N–H and O–H groups in total. The van der Waals surface area contributed by atoms with Gasteiger partial charge in [-0.1, -0.05) is 23.7 Å². The summed E-state index contributed by atoms with van der Waals surface area (Å²) in [6.45, 7) is 6.02. The zero-order chi connectivity index (χ0) is 9.98. The van der Waals surface area contributed by atoms with E-state index < -0.39 is 0 Å². The molecule has 0 aliphatic carbocycles. The smallest absolute Gasteiger partial charge is 0.106 e. The zero-order valence-electron chi connectivity index (χ0n) is 6.92. The third-order valence-electron chi connectivity index (χ3n) is 0.980. The van der Waals surface area contributed by atoms with E-state index in [1.165, 1.54) is 5.56 Å². The summed E-state index contributed by atoms with van der Waals surface area (Å²) in [4.78, 5) is 16.0. The van der Waals surface area contributed by atoms with Crippen LogP contribution in [0.5, 0.6) is 0 Å². The minimum Gasteiger partial charge on any atom is -0.307 e. The lowest BCUT2D eigenvalue weighted by Crippen LogP contribution is -1.66. The molecule has 0 aliphatic heterocycles. The quantitative estimate of drug-likeness (QED) is 0.623. The fourth-order valence-electron chi connectivity index (χ4n) is 0.606. The Balaban J connectivity index is 0. The predicted octanol–water partition coefficient (Wildman–Crippen LogP) is 2.28. The van der Waals surface area contributed by atoms with Gasteiger partial charge in [-0.05, 0) is 24.6 Å². The molecule has 0 saturated heterocycles. The van der Waals surface area contributed by atoms with Crippen LogP contribution >= 0.6 is 11.6 Å². The molecule has 0 amide bonds. The van der Waals surface area contributed by atoms with Crippen LogP contribution in [0.1, 0.15) is 5.56 Å². The van der Waals surface area contributed by atoms with Crippen LogP contribution in [-0.4, -0.2) is 13.6 Å². The number of carbonyl (C=O) groups excluding carboxylic acids is 2. The molecule has 66 valence electrons. The predicted molar refractivity (Wildman–Crippen MR) is 50.4 cm³/mol. The molecular weight excluding hydrogens is 176 g/mol. The Kier molecular flexibility index (Phi) is 11.0. The van der Waals surface area contributed by atoms with Crippen molar-refractivity contribution in [1.82, 2.24) is 0 Å². The van der Waals surface area contributed by atoms with Crippen LogP contribution < -0.4 is 0 Å². The minimum atomic E-state index is 0.810. The van der Waals surface area contributed by atoms with Crippen LogP contribution in [0.3, 0.4) is 0 Å². The van der Waals surface area contributed by atoms with Crippen molar-refractivity contribution in [2.75, 3.05) is 0 Å². The number of rotatable bonds is 0. The number of aryl methyl sites for hydroxylation is 1. The van der Waals surface area contributed by atoms with Gasteiger partial charge in [0.25, 0.3) is 0 Å². The van der Waals surface area contributed by atoms with Gasteiger partial charge in [-0.25, -0.2) is 0 Å². The topological polar surface area (TPSA) is 34.1 Å². The number of carbonyl (C=O) groups is 2. The maximum atomic E-state index is 8.00. The highest BCUT2D eigenvalue weighted by Gasteiger charge is 1.82. The Morgan fingerprint density at radius 2 is 1.67 bits per heavy atom. The fourth-order valence-corrected chi connectivity index (χ4v) is 0.850. The SMILES string of the molecule is C=O.C=O.Cc1cccc(Cl)c1. The second-order valence-electron chi connectivity index (χ2n) is 1.80. The third kappa shape index (κ3) is 6.96. The molecule has 0 bridgehead atoms. The Bertz CT molecular complexity index is 194. The van der Waals surface area contributed by atoms with E-state index in [9.17, 15) is 0 Å². The first-order valence-corrected chi connectivity index (χ1v) is 3.47. The summed E-state index contributed by atoms with van der Waals surface area (Å²) >= 11 is 5.64. The maximum absolute atomic E-state index is 8.00. The molecule has 0 atom stereocenters. The van der Waals surface area contributed by atoms with Gasteiger partial charge < -0.3 is 9.59 Å². The third-order valence-corrected chi connectivity index (χ3v) is 1.22. The average Bonchev–Trinajstić information content (AvgIpc) is 2.11. The van der Waals surface area contributed by atoms with E-state index in [0.29, 0.717) is 0 Å². The fraction of sp³-hybridized carbons (Fsp3) is 0.111. The van der Waals surface area contributed by atoms with Crippen LogP contribution in [0.15, 0.2) is 24.3 Å². The molecule has 2 nitrogen and oxygen atoms in total. The first kappa shape index (κ1) is 13.4. The molecule has 1 aromatic rings. The summed E-state index contributed by atoms with van der Waals surface area (Å²) in [6.07, 6.45) is 0. The molecule has 0 spiro atoms. The summed E-state index contributed by atoms with van der Waals surface area (Å²) in [5.74, 6) is 0. The Hall–Kier alpha value is -1.15. The van der Waals surface area contributed by atoms with E-state index >= 15 is 0 Å². The monoisotopic (exact) mass is 186 g/mol. The van der Waals surface area contributed by atoms with Crippen molar-refractivity contribution in [1.29, 1.82) is 0 Å². The van der Waals surface area contributed by atoms with Gasteiger partial charge in [0, 0.05) is 5.02 Å². The molecule has 0 aromatic heterocycles. The molecule has 0 saturated carbocycles. The Labute approximate surface area is 77.2 Å². The lowest BCUT2D eigenvalue weighted by molar-refractivity contribution is -0.0987. The number of hydrogen-bond donors (Lipinski definition) is 0. The normalized spacial score (nSPS) is 6.83. The van der Waals surface area contributed by atoms with Crippen molar-refractivity contribution in [2.24, 2.45) is 0 Å². The van der Waals surface area contributed by atoms with Gasteiger partial charge in [-0.15, -0.1) is 0 Å². The van der Waals surface area contributed by atoms with E-state index in [1.807, 2.05) is 44.8 Å². The van der Waals surface area contributed by atoms with Gasteiger partial charge >= 0.3 is 0 Å². The minimum absolute atomic E-state index is 0.810. The van der Waals surface area contributed by atoms with E-state index in [4.69, 9.17) is 21.2 Å². The van der Waals surface area contributed by atoms with Gasteiger partial charge in [0.2, 0.25) is 0 Å². The molecule has 1 aromatic carbocycles. The van der Waals surface area contributed by atoms with Gasteiger partial charge in [0.05, 0.1) is 0 Å². The lowest BCUT2D eigenvalue weighted by atomic mass is 10.2. The second-order valence-corrected chi connectivity index (χ2v) is 2.24. The van der Waals surface area contributed by atoms with Gasteiger partial charge in [-0.2, -0.15) is 0 Å². The van der Waals surface area contributed by atoms with Crippen LogP contribution in [0.25, 0.3) is 0 Å². The highest BCUT2D eigenvalue weighted by atomic mass is 35.5. The standard InChI is InChI=1S/C7H7Cl.2CH2O/c1-6-3-2-4-7(8)5-6;2*1-2/h2-5H,1H3;2*1H2. The van der Waals surface area contributed by atoms with Crippen LogP contribution in [-0.2, 0) is 9.59 Å². The summed E-state index contributed by atoms with van der Waals surface area (Å²) in [7, 11) is 0. The highest BCUT2D eigenvalue weighted by Crippen LogP contribution is 2.08. The molecule has 12 heavy (non-hydrogen) atoms. The molecule has 1 rings (SSSR count). The van der Waals surface area contributed by atoms with Gasteiger partial charge in [0.1, 0.15) is 13.6 Å². The summed E-state index contributed by atoms with van der Waals surface area (Å²) in [5.41, 5.74) is 1.21. The van der Waals surface area contributed by atoms with Gasteiger partial charge in [-0.3, -0.25) is 0 Å². The van der Waals surface area contributed by atoms with Crippen molar-refractivity contribution < 1.29 is 9.59 Å². The van der Waals surface area contributed by atoms with Crippen molar-refractivity contribution in [3.05, 3.63) is 34.9 Å². The van der Waals surface area contributed by atoms with Gasteiger partial charge in [0.15, 0.2) is 0 Å². The van der Waals surface area contributed by atoms with Crippen molar-refractivity contribution >= 4 is 25.2 Å². The molecule has 0 unspecified atom stereocenters. The van der Waals surface area contributed by atoms with E-state index in [2.05, 4.69) is 0 Å². The molecular formula is C9H11ClO2. The largest absolute Gasteiger partial charge is 0.307 e. The summed E-state index contributed by atoms with van der Waals surface area (Å²) in [6, 6.07) is 7.76. The lowest BCUT2D eigenvalue weighted by Gasteiger charge is -1.88. The number of halogens is 1. The molecule has 0 fully saturated rings. The second kappa shape index (κ2) is 9.85. The van der Waals surface area contributed by atoms with Crippen molar-refractivity contribution in [3.63, 3.8) is 0 Å². The average molecular weight is 187 g/mol. The number of hydrogen-bond acceptors (Lipinski definition) is 2. The van der Waals surface area contributed by atoms with Crippen molar-refractivity contribution in [3.8, 4) is 0 Å². The first-order valence-electron chi connectivity index (χ1n) is 3.09. The molecule has 0 radical (unpaired) electrons. The molecule has 3 heteroatoms. The maximum Gasteiger partial charge on any atom is 0.106 e. The van der Waals surface area contributed by atoms with E-state index in [-0.39, 0.29) is 0 Å². The molecule has 0 heterocycles. The Morgan fingerprint density at radius 1 is 1.17 bits per heavy atom. The molecule has 0 aliphatic rings. The zero-order valence-corrected chi connectivity index (χ0v) is 7.67. The van der Waals surface area contributed by atoms with Crippen molar-refractivity contribution in [2.45, 2.75) is 6.92 Å². The highest BCUT2D eigenvalue weighted by molar-refractivity contribution is 6.30. The van der Waals surface area contributed by atoms with Crippen LogP contribution in [0.4, 0.5) is 0 Å². The van der Waals surface area contributed by atoms with E-state index in [1.54, 1.807) is 0 Å². The summed E-state index contributed by atoms with van der Waals surface area (Å²) < 4.78 is 0. The summed E-state index contributed by atoms with van der Waals surface area (Å²) in [5, 5.41) is 0.810. The van der Waals surface area contributed by atoms with Crippen LogP contribution in [0.2, 0.25) is 5.02 Å². The van der Waals surface area contributed by atoms with E-state index in [0.717, 1.165) is 5.02 Å². The number of benzene rings is 1. The first-order chi connectivity index (χ1) is 5.79.